The van der Waals surface area contributed by atoms with Gasteiger partial charge < -0.3 is 10.5 Å². The molecule has 5 nitrogen and oxygen atoms in total. The first-order valence-electron chi connectivity index (χ1n) is 4.33. The minimum atomic E-state index is -0.122. The molecule has 13 heavy (non-hydrogen) atoms. The number of nitrogens with one attached hydrogen (secondary N) is 1. The molecule has 3 N–H and O–H groups in total. The van der Waals surface area contributed by atoms with Crippen LogP contribution in [0.1, 0.15) is 31.5 Å². The van der Waals surface area contributed by atoms with Crippen LogP contribution >= 0.6 is 0 Å². The van der Waals surface area contributed by atoms with Crippen molar-refractivity contribution in [2.75, 3.05) is 7.11 Å². The molecule has 0 spiro atoms. The Kier molecular flexibility index (Phi) is 3.39. The van der Waals surface area contributed by atoms with E-state index in [-0.39, 0.29) is 12.1 Å². The molecule has 1 aromatic rings. The van der Waals surface area contributed by atoms with Gasteiger partial charge in [-0.25, -0.2) is 4.98 Å². The number of H-pyrrole nitrogens is 1. The van der Waals surface area contributed by atoms with Gasteiger partial charge in [-0.3, -0.25) is 5.10 Å². The molecule has 0 bridgehead atoms. The van der Waals surface area contributed by atoms with Crippen LogP contribution in [0.25, 0.3) is 0 Å². The number of ether oxygens (including phenoxy) is 1. The summed E-state index contributed by atoms with van der Waals surface area (Å²) >= 11 is 0. The Labute approximate surface area is 77.7 Å². The van der Waals surface area contributed by atoms with Gasteiger partial charge in [-0.05, 0) is 13.8 Å². The molecule has 1 aromatic heterocycles. The van der Waals surface area contributed by atoms with Gasteiger partial charge in [0.2, 0.25) is 0 Å². The fraction of sp³-hybridized carbons (Fsp3) is 0.750. The van der Waals surface area contributed by atoms with Crippen LogP contribution in [0.15, 0.2) is 0 Å². The van der Waals surface area contributed by atoms with E-state index in [1.165, 1.54) is 0 Å². The molecule has 0 radical (unpaired) electrons. The van der Waals surface area contributed by atoms with Crippen molar-refractivity contribution in [3.05, 3.63) is 11.6 Å². The van der Waals surface area contributed by atoms with E-state index >= 15 is 0 Å². The summed E-state index contributed by atoms with van der Waals surface area (Å²) in [5, 5.41) is 6.82. The topological polar surface area (TPSA) is 76.8 Å². The lowest BCUT2D eigenvalue weighted by molar-refractivity contribution is 0.117. The Morgan fingerprint density at radius 1 is 1.54 bits per heavy atom. The minimum Gasteiger partial charge on any atom is -0.381 e. The molecule has 5 heteroatoms. The summed E-state index contributed by atoms with van der Waals surface area (Å²) in [7, 11) is 1.67. The van der Waals surface area contributed by atoms with Crippen molar-refractivity contribution in [2.45, 2.75) is 32.4 Å². The first kappa shape index (κ1) is 10.1. The van der Waals surface area contributed by atoms with E-state index in [1.807, 2.05) is 13.8 Å². The fourth-order valence-corrected chi connectivity index (χ4v) is 0.961. The molecule has 1 rings (SSSR count). The average molecular weight is 184 g/mol. The van der Waals surface area contributed by atoms with Crippen LogP contribution in [0, 0.1) is 0 Å². The molecule has 2 unspecified atom stereocenters. The largest absolute Gasteiger partial charge is 0.381 e. The highest BCUT2D eigenvalue weighted by atomic mass is 16.5. The second-order valence-electron chi connectivity index (χ2n) is 3.18. The Hall–Kier alpha value is -0.940. The summed E-state index contributed by atoms with van der Waals surface area (Å²) in [6.45, 7) is 3.83. The van der Waals surface area contributed by atoms with Crippen LogP contribution in [0.3, 0.4) is 0 Å². The maximum atomic E-state index is 5.61. The number of hydrogen-bond acceptors (Lipinski definition) is 4. The summed E-state index contributed by atoms with van der Waals surface area (Å²) in [5.41, 5.74) is 5.61. The highest BCUT2D eigenvalue weighted by Gasteiger charge is 2.09. The van der Waals surface area contributed by atoms with E-state index < -0.39 is 0 Å². The summed E-state index contributed by atoms with van der Waals surface area (Å²) < 4.78 is 5.10. The highest BCUT2D eigenvalue weighted by Crippen LogP contribution is 2.04. The Bertz CT molecular complexity index is 258. The molecular formula is C8H16N4O. The van der Waals surface area contributed by atoms with E-state index in [4.69, 9.17) is 10.5 Å². The van der Waals surface area contributed by atoms with E-state index in [0.717, 1.165) is 12.2 Å². The predicted molar refractivity (Wildman–Crippen MR) is 49.2 cm³/mol. The fourth-order valence-electron chi connectivity index (χ4n) is 0.961. The quantitative estimate of drug-likeness (QED) is 0.710. The lowest BCUT2D eigenvalue weighted by Crippen LogP contribution is -2.10. The molecular weight excluding hydrogens is 168 g/mol. The minimum absolute atomic E-state index is 0.122. The van der Waals surface area contributed by atoms with Gasteiger partial charge in [0.25, 0.3) is 0 Å². The van der Waals surface area contributed by atoms with Gasteiger partial charge in [0, 0.05) is 13.5 Å². The van der Waals surface area contributed by atoms with Crippen molar-refractivity contribution in [3.8, 4) is 0 Å². The van der Waals surface area contributed by atoms with E-state index in [9.17, 15) is 0 Å². The number of rotatable bonds is 4. The maximum absolute atomic E-state index is 5.61. The van der Waals surface area contributed by atoms with Crippen molar-refractivity contribution < 1.29 is 4.74 Å². The van der Waals surface area contributed by atoms with Gasteiger partial charge in [0.1, 0.15) is 5.82 Å². The first-order valence-corrected chi connectivity index (χ1v) is 4.33. The van der Waals surface area contributed by atoms with Gasteiger partial charge in [-0.15, -0.1) is 0 Å². The third kappa shape index (κ3) is 2.78. The van der Waals surface area contributed by atoms with Crippen molar-refractivity contribution >= 4 is 0 Å². The van der Waals surface area contributed by atoms with Crippen LogP contribution in [0.5, 0.6) is 0 Å². The second kappa shape index (κ2) is 4.34. The number of methoxy groups -OCH3 is 1. The number of aromatic nitrogens is 3. The van der Waals surface area contributed by atoms with E-state index in [2.05, 4.69) is 15.2 Å². The van der Waals surface area contributed by atoms with Crippen LogP contribution < -0.4 is 5.73 Å². The maximum Gasteiger partial charge on any atom is 0.167 e. The number of hydrogen-bond donors (Lipinski definition) is 2. The Balaban J connectivity index is 2.58. The van der Waals surface area contributed by atoms with E-state index in [1.54, 1.807) is 7.11 Å². The lowest BCUT2D eigenvalue weighted by atomic mass is 10.3. The zero-order chi connectivity index (χ0) is 9.84. The molecule has 0 amide bonds. The van der Waals surface area contributed by atoms with Crippen molar-refractivity contribution in [3.63, 3.8) is 0 Å². The third-order valence-corrected chi connectivity index (χ3v) is 1.84. The number of nitrogens with two attached hydrogens (primary N) is 1. The third-order valence-electron chi connectivity index (χ3n) is 1.84. The van der Waals surface area contributed by atoms with Crippen molar-refractivity contribution in [2.24, 2.45) is 5.73 Å². The van der Waals surface area contributed by atoms with Crippen molar-refractivity contribution in [1.29, 1.82) is 0 Å². The van der Waals surface area contributed by atoms with Gasteiger partial charge in [-0.1, -0.05) is 0 Å². The van der Waals surface area contributed by atoms with Crippen molar-refractivity contribution in [1.82, 2.24) is 15.2 Å². The molecule has 0 saturated heterocycles. The number of aromatic amines is 1. The van der Waals surface area contributed by atoms with Crippen LogP contribution in [0.4, 0.5) is 0 Å². The summed E-state index contributed by atoms with van der Waals surface area (Å²) in [6, 6.07) is -0.122. The monoisotopic (exact) mass is 184 g/mol. The molecule has 0 aliphatic rings. The molecule has 0 saturated carbocycles. The average Bonchev–Trinajstić information content (AvgIpc) is 2.52. The molecule has 2 atom stereocenters. The van der Waals surface area contributed by atoms with Gasteiger partial charge in [0.15, 0.2) is 5.82 Å². The van der Waals surface area contributed by atoms with Gasteiger partial charge >= 0.3 is 0 Å². The highest BCUT2D eigenvalue weighted by molar-refractivity contribution is 4.95. The number of nitrogens with zero attached hydrogens (tertiary/aromatic N) is 2. The smallest absolute Gasteiger partial charge is 0.167 e. The van der Waals surface area contributed by atoms with Gasteiger partial charge in [0.05, 0.1) is 12.1 Å². The summed E-state index contributed by atoms with van der Waals surface area (Å²) in [5.74, 6) is 1.47. The summed E-state index contributed by atoms with van der Waals surface area (Å²) in [6.07, 6.45) is 0.879. The zero-order valence-corrected chi connectivity index (χ0v) is 8.24. The molecule has 0 aliphatic heterocycles. The normalized spacial score (nSPS) is 15.7. The standard InChI is InChI=1S/C8H16N4O/c1-5(13-3)4-7-10-8(6(2)9)12-11-7/h5-6H,4,9H2,1-3H3,(H,10,11,12). The Morgan fingerprint density at radius 3 is 2.69 bits per heavy atom. The van der Waals surface area contributed by atoms with Crippen LogP contribution in [-0.4, -0.2) is 28.4 Å². The lowest BCUT2D eigenvalue weighted by Gasteiger charge is -2.05. The Morgan fingerprint density at radius 2 is 2.23 bits per heavy atom. The zero-order valence-electron chi connectivity index (χ0n) is 8.24. The second-order valence-corrected chi connectivity index (χ2v) is 3.18. The molecule has 0 aromatic carbocycles. The SMILES string of the molecule is COC(C)Cc1nc(C(C)N)n[nH]1. The van der Waals surface area contributed by atoms with Crippen LogP contribution in [0.2, 0.25) is 0 Å². The molecule has 74 valence electrons. The molecule has 1 heterocycles. The molecule has 0 fully saturated rings. The van der Waals surface area contributed by atoms with Crippen LogP contribution in [-0.2, 0) is 11.2 Å². The predicted octanol–water partition coefficient (Wildman–Crippen LogP) is 0.402. The summed E-state index contributed by atoms with van der Waals surface area (Å²) in [4.78, 5) is 4.23. The first-order chi connectivity index (χ1) is 6.13. The van der Waals surface area contributed by atoms with Gasteiger partial charge in [-0.2, -0.15) is 5.10 Å². The molecule has 0 aliphatic carbocycles. The van der Waals surface area contributed by atoms with E-state index in [0.29, 0.717) is 5.82 Å².